The summed E-state index contributed by atoms with van der Waals surface area (Å²) in [6.45, 7) is 3.06. The Morgan fingerprint density at radius 1 is 1.70 bits per heavy atom. The topological polar surface area (TPSA) is 23.5 Å². The maximum Gasteiger partial charge on any atom is 0.0599 e. The normalized spacial score (nSPS) is 26.6. The minimum absolute atomic E-state index is 0.307. The Kier molecular flexibility index (Phi) is 2.73. The summed E-state index contributed by atoms with van der Waals surface area (Å²) in [6.07, 6.45) is 6.24. The lowest BCUT2D eigenvalue weighted by Gasteiger charge is -2.10. The summed E-state index contributed by atoms with van der Waals surface area (Å²) >= 11 is 0. The summed E-state index contributed by atoms with van der Waals surface area (Å²) in [5, 5.41) is 8.77. The first-order valence-corrected chi connectivity index (χ1v) is 3.63. The molecule has 0 aromatic rings. The molecule has 1 atom stereocenters. The standard InChI is InChI=1S/C8H13NO/c1-2-4-9-5-3-8(6-9)7-10/h1,8,10H,3-7H2. The molecule has 2 nitrogen and oxygen atoms in total. The minimum atomic E-state index is 0.307. The van der Waals surface area contributed by atoms with Crippen molar-refractivity contribution in [2.24, 2.45) is 5.92 Å². The Balaban J connectivity index is 2.23. The van der Waals surface area contributed by atoms with E-state index >= 15 is 0 Å². The van der Waals surface area contributed by atoms with Crippen LogP contribution in [0.25, 0.3) is 0 Å². The number of hydrogen-bond donors (Lipinski definition) is 1. The van der Waals surface area contributed by atoms with E-state index in [1.807, 2.05) is 0 Å². The van der Waals surface area contributed by atoms with Gasteiger partial charge in [0.05, 0.1) is 6.54 Å². The maximum atomic E-state index is 8.77. The van der Waals surface area contributed by atoms with Gasteiger partial charge in [-0.3, -0.25) is 4.90 Å². The molecule has 0 amide bonds. The summed E-state index contributed by atoms with van der Waals surface area (Å²) in [7, 11) is 0. The van der Waals surface area contributed by atoms with Crippen LogP contribution < -0.4 is 0 Å². The molecule has 0 aliphatic carbocycles. The highest BCUT2D eigenvalue weighted by Crippen LogP contribution is 2.13. The summed E-state index contributed by atoms with van der Waals surface area (Å²) < 4.78 is 0. The van der Waals surface area contributed by atoms with E-state index in [9.17, 15) is 0 Å². The molecule has 0 bridgehead atoms. The molecule has 0 aromatic carbocycles. The molecule has 0 spiro atoms. The Bertz CT molecular complexity index is 139. The molecular weight excluding hydrogens is 126 g/mol. The smallest absolute Gasteiger partial charge is 0.0599 e. The number of rotatable bonds is 2. The second kappa shape index (κ2) is 3.60. The lowest BCUT2D eigenvalue weighted by molar-refractivity contribution is 0.225. The fourth-order valence-electron chi connectivity index (χ4n) is 1.33. The van der Waals surface area contributed by atoms with Crippen LogP contribution in [0.1, 0.15) is 6.42 Å². The molecule has 1 N–H and O–H groups in total. The van der Waals surface area contributed by atoms with Gasteiger partial charge in [0.2, 0.25) is 0 Å². The van der Waals surface area contributed by atoms with Gasteiger partial charge >= 0.3 is 0 Å². The molecular formula is C8H13NO. The molecule has 10 heavy (non-hydrogen) atoms. The van der Waals surface area contributed by atoms with Gasteiger partial charge in [0.25, 0.3) is 0 Å². The summed E-state index contributed by atoms with van der Waals surface area (Å²) in [5.74, 6) is 3.06. The monoisotopic (exact) mass is 139 g/mol. The van der Waals surface area contributed by atoms with Crippen molar-refractivity contribution in [1.82, 2.24) is 4.90 Å². The Hall–Kier alpha value is -0.520. The molecule has 1 unspecified atom stereocenters. The van der Waals surface area contributed by atoms with E-state index in [0.29, 0.717) is 12.5 Å². The van der Waals surface area contributed by atoms with E-state index in [-0.39, 0.29) is 0 Å². The van der Waals surface area contributed by atoms with Crippen LogP contribution >= 0.6 is 0 Å². The van der Waals surface area contributed by atoms with Gasteiger partial charge in [0.1, 0.15) is 0 Å². The van der Waals surface area contributed by atoms with E-state index in [4.69, 9.17) is 11.5 Å². The van der Waals surface area contributed by atoms with Crippen LogP contribution in [-0.2, 0) is 0 Å². The third-order valence-corrected chi connectivity index (χ3v) is 1.94. The number of terminal acetylenes is 1. The van der Waals surface area contributed by atoms with Crippen molar-refractivity contribution in [1.29, 1.82) is 0 Å². The van der Waals surface area contributed by atoms with Gasteiger partial charge in [-0.15, -0.1) is 6.42 Å². The van der Waals surface area contributed by atoms with Gasteiger partial charge in [0.15, 0.2) is 0 Å². The highest BCUT2D eigenvalue weighted by atomic mass is 16.3. The van der Waals surface area contributed by atoms with E-state index < -0.39 is 0 Å². The van der Waals surface area contributed by atoms with Crippen molar-refractivity contribution < 1.29 is 5.11 Å². The second-order valence-electron chi connectivity index (χ2n) is 2.78. The predicted octanol–water partition coefficient (Wildman–Crippen LogP) is -0.0662. The molecule has 1 saturated heterocycles. The SMILES string of the molecule is C#CCN1CCC(CO)C1. The van der Waals surface area contributed by atoms with Crippen LogP contribution in [-0.4, -0.2) is 36.2 Å². The van der Waals surface area contributed by atoms with E-state index in [1.165, 1.54) is 0 Å². The van der Waals surface area contributed by atoms with Crippen LogP contribution in [0.4, 0.5) is 0 Å². The second-order valence-corrected chi connectivity index (χ2v) is 2.78. The zero-order valence-corrected chi connectivity index (χ0v) is 6.08. The van der Waals surface area contributed by atoms with Crippen LogP contribution in [0.15, 0.2) is 0 Å². The van der Waals surface area contributed by atoms with Crippen molar-refractivity contribution in [3.05, 3.63) is 0 Å². The minimum Gasteiger partial charge on any atom is -0.396 e. The number of likely N-dealkylation sites (tertiary alicyclic amines) is 1. The largest absolute Gasteiger partial charge is 0.396 e. The highest BCUT2D eigenvalue weighted by molar-refractivity contribution is 4.90. The Morgan fingerprint density at radius 2 is 2.50 bits per heavy atom. The molecule has 0 aromatic heterocycles. The molecule has 0 radical (unpaired) electrons. The quantitative estimate of drug-likeness (QED) is 0.541. The third-order valence-electron chi connectivity index (χ3n) is 1.94. The third kappa shape index (κ3) is 1.73. The first-order valence-electron chi connectivity index (χ1n) is 3.63. The maximum absolute atomic E-state index is 8.77. The van der Waals surface area contributed by atoms with Gasteiger partial charge < -0.3 is 5.11 Å². The van der Waals surface area contributed by atoms with Crippen molar-refractivity contribution in [3.63, 3.8) is 0 Å². The average molecular weight is 139 g/mol. The van der Waals surface area contributed by atoms with E-state index in [1.54, 1.807) is 0 Å². The molecule has 1 heterocycles. The van der Waals surface area contributed by atoms with Crippen molar-refractivity contribution in [2.75, 3.05) is 26.2 Å². The molecule has 2 heteroatoms. The van der Waals surface area contributed by atoms with Gasteiger partial charge in [-0.25, -0.2) is 0 Å². The number of aliphatic hydroxyl groups excluding tert-OH is 1. The Labute approximate surface area is 61.8 Å². The number of nitrogens with zero attached hydrogens (tertiary/aromatic N) is 1. The summed E-state index contributed by atoms with van der Waals surface area (Å²) in [5.41, 5.74) is 0. The van der Waals surface area contributed by atoms with Gasteiger partial charge in [-0.1, -0.05) is 5.92 Å². The highest BCUT2D eigenvalue weighted by Gasteiger charge is 2.20. The van der Waals surface area contributed by atoms with Crippen LogP contribution in [0.3, 0.4) is 0 Å². The molecule has 1 aliphatic heterocycles. The zero-order chi connectivity index (χ0) is 7.40. The van der Waals surface area contributed by atoms with Gasteiger partial charge in [-0.2, -0.15) is 0 Å². The van der Waals surface area contributed by atoms with E-state index in [2.05, 4.69) is 10.8 Å². The molecule has 0 saturated carbocycles. The van der Waals surface area contributed by atoms with Crippen molar-refractivity contribution >= 4 is 0 Å². The van der Waals surface area contributed by atoms with Gasteiger partial charge in [0, 0.05) is 13.2 Å². The molecule has 1 aliphatic rings. The molecule has 56 valence electrons. The van der Waals surface area contributed by atoms with Gasteiger partial charge in [-0.05, 0) is 18.9 Å². The van der Waals surface area contributed by atoms with Crippen molar-refractivity contribution in [3.8, 4) is 12.3 Å². The summed E-state index contributed by atoms with van der Waals surface area (Å²) in [6, 6.07) is 0. The van der Waals surface area contributed by atoms with Crippen molar-refractivity contribution in [2.45, 2.75) is 6.42 Å². The fourth-order valence-corrected chi connectivity index (χ4v) is 1.33. The summed E-state index contributed by atoms with van der Waals surface area (Å²) in [4.78, 5) is 2.20. The lowest BCUT2D eigenvalue weighted by atomic mass is 10.1. The predicted molar refractivity (Wildman–Crippen MR) is 40.5 cm³/mol. The first-order chi connectivity index (χ1) is 4.86. The van der Waals surface area contributed by atoms with E-state index in [0.717, 1.165) is 26.1 Å². The Morgan fingerprint density at radius 3 is 3.00 bits per heavy atom. The lowest BCUT2D eigenvalue weighted by Crippen LogP contribution is -2.21. The van der Waals surface area contributed by atoms with Crippen LogP contribution in [0.5, 0.6) is 0 Å². The molecule has 1 rings (SSSR count). The fraction of sp³-hybridized carbons (Fsp3) is 0.750. The van der Waals surface area contributed by atoms with Crippen LogP contribution in [0.2, 0.25) is 0 Å². The zero-order valence-electron chi connectivity index (χ0n) is 6.08. The first kappa shape index (κ1) is 7.59. The number of hydrogen-bond acceptors (Lipinski definition) is 2. The number of aliphatic hydroxyl groups is 1. The average Bonchev–Trinajstić information content (AvgIpc) is 2.37. The van der Waals surface area contributed by atoms with Crippen LogP contribution in [0, 0.1) is 18.3 Å². The molecule has 1 fully saturated rings.